The van der Waals surface area contributed by atoms with Gasteiger partial charge in [0.2, 0.25) is 5.91 Å². The lowest BCUT2D eigenvalue weighted by Crippen LogP contribution is -2.27. The number of aromatic nitrogens is 1. The lowest BCUT2D eigenvalue weighted by Gasteiger charge is -2.08. The van der Waals surface area contributed by atoms with Gasteiger partial charge in [0.1, 0.15) is 18.9 Å². The number of carbonyl (C=O) groups excluding carboxylic acids is 1. The molecular formula is C21H17F3N2O2. The third-order valence-corrected chi connectivity index (χ3v) is 3.97. The van der Waals surface area contributed by atoms with Crippen molar-refractivity contribution < 1.29 is 22.7 Å². The fraction of sp³-hybridized carbons (Fsp3) is 0.190. The van der Waals surface area contributed by atoms with Gasteiger partial charge in [0.15, 0.2) is 0 Å². The molecule has 0 saturated heterocycles. The molecule has 3 aromatic rings. The Hall–Kier alpha value is -3.40. The van der Waals surface area contributed by atoms with Gasteiger partial charge in [-0.15, -0.1) is 0 Å². The van der Waals surface area contributed by atoms with Gasteiger partial charge in [0, 0.05) is 11.7 Å². The molecule has 144 valence electrons. The lowest BCUT2D eigenvalue weighted by molar-refractivity contribution is -0.137. The van der Waals surface area contributed by atoms with E-state index in [1.807, 2.05) is 41.1 Å². The maximum atomic E-state index is 12.6. The van der Waals surface area contributed by atoms with Gasteiger partial charge >= 0.3 is 6.18 Å². The van der Waals surface area contributed by atoms with Crippen molar-refractivity contribution in [3.05, 3.63) is 66.4 Å². The molecule has 3 rings (SSSR count). The molecule has 1 amide bonds. The van der Waals surface area contributed by atoms with E-state index in [4.69, 9.17) is 4.74 Å². The van der Waals surface area contributed by atoms with E-state index in [-0.39, 0.29) is 31.4 Å². The molecule has 0 fully saturated rings. The van der Waals surface area contributed by atoms with Gasteiger partial charge in [-0.25, -0.2) is 0 Å². The number of nitrogens with one attached hydrogen (secondary N) is 1. The largest absolute Gasteiger partial charge is 0.481 e. The fourth-order valence-electron chi connectivity index (χ4n) is 2.63. The Balaban J connectivity index is 1.43. The van der Waals surface area contributed by atoms with Crippen molar-refractivity contribution in [2.75, 3.05) is 13.2 Å². The zero-order chi connectivity index (χ0) is 20.0. The number of benzene rings is 2. The smallest absolute Gasteiger partial charge is 0.416 e. The zero-order valence-electron chi connectivity index (χ0n) is 14.8. The number of ether oxygens (including phenoxy) is 1. The van der Waals surface area contributed by atoms with E-state index in [2.05, 4.69) is 17.2 Å². The molecule has 1 N–H and O–H groups in total. The molecule has 2 aromatic carbocycles. The van der Waals surface area contributed by atoms with Crippen LogP contribution < -0.4 is 10.1 Å². The van der Waals surface area contributed by atoms with E-state index in [9.17, 15) is 18.0 Å². The number of alkyl halides is 3. The van der Waals surface area contributed by atoms with Gasteiger partial charge in [-0.05, 0) is 35.7 Å². The summed E-state index contributed by atoms with van der Waals surface area (Å²) in [4.78, 5) is 12.0. The van der Waals surface area contributed by atoms with Gasteiger partial charge < -0.3 is 14.6 Å². The molecule has 0 saturated carbocycles. The highest BCUT2D eigenvalue weighted by atomic mass is 19.4. The van der Waals surface area contributed by atoms with Crippen LogP contribution >= 0.6 is 0 Å². The average Bonchev–Trinajstić information content (AvgIpc) is 3.07. The molecule has 0 aliphatic heterocycles. The number of nitrogens with zero attached hydrogens (tertiary/aromatic N) is 1. The first-order chi connectivity index (χ1) is 13.4. The molecule has 1 aromatic heterocycles. The molecule has 0 bridgehead atoms. The standard InChI is InChI=1S/C21H17F3N2O2/c22-21(23,24)17-7-5-8-18(14-17)28-13-4-3-11-25-20(27)15-26-12-10-16-6-1-2-9-19(16)26/h1-2,5-10,12,14H,11,13,15H2,(H,25,27). The third kappa shape index (κ3) is 5.07. The molecule has 0 aliphatic rings. The summed E-state index contributed by atoms with van der Waals surface area (Å²) < 4.78 is 44.9. The van der Waals surface area contributed by atoms with Gasteiger partial charge in [0.05, 0.1) is 12.1 Å². The zero-order valence-corrected chi connectivity index (χ0v) is 14.8. The number of rotatable bonds is 5. The first-order valence-corrected chi connectivity index (χ1v) is 8.50. The number of amides is 1. The van der Waals surface area contributed by atoms with E-state index in [0.29, 0.717) is 0 Å². The molecule has 0 unspecified atom stereocenters. The van der Waals surface area contributed by atoms with E-state index >= 15 is 0 Å². The summed E-state index contributed by atoms with van der Waals surface area (Å²) in [5.74, 6) is 5.28. The Labute approximate surface area is 159 Å². The van der Waals surface area contributed by atoms with Crippen LogP contribution in [0.3, 0.4) is 0 Å². The quantitative estimate of drug-likeness (QED) is 0.677. The van der Waals surface area contributed by atoms with Gasteiger partial charge in [-0.1, -0.05) is 36.1 Å². The minimum atomic E-state index is -4.42. The van der Waals surface area contributed by atoms with Gasteiger partial charge in [-0.2, -0.15) is 13.2 Å². The average molecular weight is 386 g/mol. The number of hydrogen-bond donors (Lipinski definition) is 1. The van der Waals surface area contributed by atoms with Crippen molar-refractivity contribution >= 4 is 16.8 Å². The van der Waals surface area contributed by atoms with Crippen LogP contribution in [0.25, 0.3) is 10.9 Å². The Bertz CT molecular complexity index is 1030. The van der Waals surface area contributed by atoms with E-state index in [1.54, 1.807) is 0 Å². The number of para-hydroxylation sites is 1. The maximum absolute atomic E-state index is 12.6. The van der Waals surface area contributed by atoms with Crippen LogP contribution in [0.5, 0.6) is 5.75 Å². The summed E-state index contributed by atoms with van der Waals surface area (Å²) in [6.07, 6.45) is -2.57. The van der Waals surface area contributed by atoms with Gasteiger partial charge in [0.25, 0.3) is 0 Å². The molecule has 1 heterocycles. The Kier molecular flexibility index (Phi) is 5.90. The molecule has 0 aliphatic carbocycles. The molecule has 7 heteroatoms. The predicted molar refractivity (Wildman–Crippen MR) is 99.7 cm³/mol. The Morgan fingerprint density at radius 2 is 1.89 bits per heavy atom. The highest BCUT2D eigenvalue weighted by Crippen LogP contribution is 2.31. The highest BCUT2D eigenvalue weighted by molar-refractivity contribution is 5.83. The fourth-order valence-corrected chi connectivity index (χ4v) is 2.63. The number of hydrogen-bond acceptors (Lipinski definition) is 2. The molecule has 0 spiro atoms. The van der Waals surface area contributed by atoms with Crippen LogP contribution in [-0.4, -0.2) is 23.6 Å². The third-order valence-electron chi connectivity index (χ3n) is 3.97. The summed E-state index contributed by atoms with van der Waals surface area (Å²) in [6.45, 7) is 0.235. The summed E-state index contributed by atoms with van der Waals surface area (Å²) in [6, 6.07) is 14.3. The lowest BCUT2D eigenvalue weighted by atomic mass is 10.2. The normalized spacial score (nSPS) is 11.0. The molecule has 0 radical (unpaired) electrons. The number of halogens is 3. The number of fused-ring (bicyclic) bond motifs is 1. The topological polar surface area (TPSA) is 43.3 Å². The van der Waals surface area contributed by atoms with Crippen LogP contribution in [0.4, 0.5) is 13.2 Å². The summed E-state index contributed by atoms with van der Waals surface area (Å²) in [7, 11) is 0. The molecular weight excluding hydrogens is 369 g/mol. The molecule has 28 heavy (non-hydrogen) atoms. The Morgan fingerprint density at radius 3 is 2.71 bits per heavy atom. The molecule has 0 atom stereocenters. The summed E-state index contributed by atoms with van der Waals surface area (Å²) in [5.41, 5.74) is 0.195. The van der Waals surface area contributed by atoms with Crippen LogP contribution in [0.2, 0.25) is 0 Å². The maximum Gasteiger partial charge on any atom is 0.416 e. The monoisotopic (exact) mass is 386 g/mol. The SMILES string of the molecule is O=C(Cn1ccc2ccccc21)NCC#CCOc1cccc(C(F)(F)F)c1. The molecule has 4 nitrogen and oxygen atoms in total. The van der Waals surface area contributed by atoms with Crippen LogP contribution in [0.1, 0.15) is 5.56 Å². The first kappa shape index (κ1) is 19.4. The van der Waals surface area contributed by atoms with Gasteiger partial charge in [-0.3, -0.25) is 4.79 Å². The van der Waals surface area contributed by atoms with Crippen molar-refractivity contribution in [2.45, 2.75) is 12.7 Å². The predicted octanol–water partition coefficient (Wildman–Crippen LogP) is 3.86. The Morgan fingerprint density at radius 1 is 1.07 bits per heavy atom. The second-order valence-corrected chi connectivity index (χ2v) is 5.95. The number of carbonyl (C=O) groups is 1. The van der Waals surface area contributed by atoms with Crippen LogP contribution in [0, 0.1) is 11.8 Å². The minimum Gasteiger partial charge on any atom is -0.481 e. The van der Waals surface area contributed by atoms with E-state index in [1.165, 1.54) is 12.1 Å². The van der Waals surface area contributed by atoms with Crippen LogP contribution in [0.15, 0.2) is 60.8 Å². The van der Waals surface area contributed by atoms with Crippen molar-refractivity contribution in [2.24, 2.45) is 0 Å². The highest BCUT2D eigenvalue weighted by Gasteiger charge is 2.30. The van der Waals surface area contributed by atoms with E-state index in [0.717, 1.165) is 23.0 Å². The second-order valence-electron chi connectivity index (χ2n) is 5.95. The van der Waals surface area contributed by atoms with Crippen molar-refractivity contribution in [3.8, 4) is 17.6 Å². The minimum absolute atomic E-state index is 0.0700. The summed E-state index contributed by atoms with van der Waals surface area (Å²) >= 11 is 0. The van der Waals surface area contributed by atoms with E-state index < -0.39 is 11.7 Å². The van der Waals surface area contributed by atoms with Crippen molar-refractivity contribution in [1.29, 1.82) is 0 Å². The first-order valence-electron chi connectivity index (χ1n) is 8.50. The van der Waals surface area contributed by atoms with Crippen molar-refractivity contribution in [1.82, 2.24) is 9.88 Å². The van der Waals surface area contributed by atoms with Crippen molar-refractivity contribution in [3.63, 3.8) is 0 Å². The summed E-state index contributed by atoms with van der Waals surface area (Å²) in [5, 5.41) is 3.73. The second kappa shape index (κ2) is 8.53. The van der Waals surface area contributed by atoms with Crippen LogP contribution in [-0.2, 0) is 17.5 Å².